The number of carbonyl (C=O) groups excluding carboxylic acids is 1. The lowest BCUT2D eigenvalue weighted by molar-refractivity contribution is -0.130. The number of methoxy groups -OCH3 is 2. The number of halogens is 1. The highest BCUT2D eigenvalue weighted by Crippen LogP contribution is 2.52. The molecule has 1 heterocycles. The normalized spacial score (nSPS) is 18.7. The first-order valence-electron chi connectivity index (χ1n) is 12.2. The smallest absolute Gasteiger partial charge is 0.256 e. The van der Waals surface area contributed by atoms with E-state index in [0.29, 0.717) is 34.3 Å². The van der Waals surface area contributed by atoms with Crippen molar-refractivity contribution in [2.75, 3.05) is 60.0 Å². The third-order valence-corrected chi connectivity index (χ3v) is 9.95. The summed E-state index contributed by atoms with van der Waals surface area (Å²) in [7, 11) is 7.05. The summed E-state index contributed by atoms with van der Waals surface area (Å²) in [5, 5.41) is 0.517. The molecule has 0 spiro atoms. The van der Waals surface area contributed by atoms with Crippen molar-refractivity contribution in [3.8, 4) is 11.5 Å². The van der Waals surface area contributed by atoms with Gasteiger partial charge in [-0.05, 0) is 57.9 Å². The highest BCUT2D eigenvalue weighted by atomic mass is 35.5. The SMILES string of the molecule is COc1cccc([C@H]2O[C@H](CP(=O)(N(C)C)N(C)C)C(=O)N(CC(C)(C)C)c3ccc(Cl)cc32)c1OC. The second-order valence-electron chi connectivity index (χ2n) is 10.8. The van der Waals surface area contributed by atoms with Crippen molar-refractivity contribution in [3.05, 3.63) is 52.5 Å². The Bertz CT molecular complexity index is 1170. The lowest BCUT2D eigenvalue weighted by Crippen LogP contribution is -2.46. The molecule has 0 radical (unpaired) electrons. The number of para-hydroxylation sites is 1. The van der Waals surface area contributed by atoms with Crippen LogP contribution in [0.4, 0.5) is 5.69 Å². The molecule has 1 amide bonds. The summed E-state index contributed by atoms with van der Waals surface area (Å²) in [4.78, 5) is 16.0. The monoisotopic (exact) mass is 551 g/mol. The van der Waals surface area contributed by atoms with E-state index >= 15 is 0 Å². The first kappa shape index (κ1) is 29.5. The number of hydrogen-bond donors (Lipinski definition) is 0. The molecule has 2 aromatic rings. The van der Waals surface area contributed by atoms with E-state index in [1.165, 1.54) is 0 Å². The summed E-state index contributed by atoms with van der Waals surface area (Å²) in [5.74, 6) is 0.796. The van der Waals surface area contributed by atoms with Gasteiger partial charge < -0.3 is 19.1 Å². The largest absolute Gasteiger partial charge is 0.493 e. The highest BCUT2D eigenvalue weighted by Gasteiger charge is 2.43. The Balaban J connectivity index is 2.30. The molecule has 8 nitrogen and oxygen atoms in total. The van der Waals surface area contributed by atoms with Crippen LogP contribution in [-0.4, -0.2) is 76.5 Å². The first-order valence-corrected chi connectivity index (χ1v) is 14.3. The molecule has 1 aliphatic heterocycles. The van der Waals surface area contributed by atoms with Gasteiger partial charge in [0.05, 0.1) is 20.4 Å². The van der Waals surface area contributed by atoms with E-state index in [2.05, 4.69) is 20.8 Å². The molecule has 0 saturated heterocycles. The number of fused-ring (bicyclic) bond motifs is 1. The van der Waals surface area contributed by atoms with Gasteiger partial charge in [0.15, 0.2) is 11.5 Å². The average molecular weight is 552 g/mol. The summed E-state index contributed by atoms with van der Waals surface area (Å²) in [6.45, 7) is 6.66. The van der Waals surface area contributed by atoms with Crippen molar-refractivity contribution in [3.63, 3.8) is 0 Å². The maximum Gasteiger partial charge on any atom is 0.256 e. The number of carbonyl (C=O) groups is 1. The molecule has 3 rings (SSSR count). The Morgan fingerprint density at radius 2 is 1.68 bits per heavy atom. The van der Waals surface area contributed by atoms with Crippen LogP contribution in [0, 0.1) is 5.41 Å². The summed E-state index contributed by atoms with van der Waals surface area (Å²) < 4.78 is 35.4. The van der Waals surface area contributed by atoms with E-state index < -0.39 is 19.7 Å². The fourth-order valence-corrected chi connectivity index (χ4v) is 6.81. The van der Waals surface area contributed by atoms with Gasteiger partial charge in [0.25, 0.3) is 5.91 Å². The van der Waals surface area contributed by atoms with E-state index in [9.17, 15) is 9.36 Å². The molecule has 10 heteroatoms. The van der Waals surface area contributed by atoms with E-state index in [-0.39, 0.29) is 17.5 Å². The van der Waals surface area contributed by atoms with Crippen molar-refractivity contribution < 1.29 is 23.6 Å². The summed E-state index contributed by atoms with van der Waals surface area (Å²) in [5.41, 5.74) is 1.90. The van der Waals surface area contributed by atoms with Crippen LogP contribution in [0.25, 0.3) is 0 Å². The molecule has 0 bridgehead atoms. The van der Waals surface area contributed by atoms with Crippen LogP contribution in [0.2, 0.25) is 5.02 Å². The topological polar surface area (TPSA) is 71.6 Å². The van der Waals surface area contributed by atoms with Crippen molar-refractivity contribution >= 4 is 30.6 Å². The second kappa shape index (κ2) is 11.3. The average Bonchev–Trinajstić information content (AvgIpc) is 2.92. The quantitative estimate of drug-likeness (QED) is 0.399. The van der Waals surface area contributed by atoms with Gasteiger partial charge in [-0.15, -0.1) is 0 Å². The number of benzene rings is 2. The van der Waals surface area contributed by atoms with Gasteiger partial charge in [-0.2, -0.15) is 0 Å². The highest BCUT2D eigenvalue weighted by molar-refractivity contribution is 7.59. The molecule has 1 aliphatic rings. The molecule has 0 saturated carbocycles. The number of rotatable bonds is 8. The van der Waals surface area contributed by atoms with Crippen LogP contribution in [0.3, 0.4) is 0 Å². The van der Waals surface area contributed by atoms with Crippen molar-refractivity contribution in [1.29, 1.82) is 0 Å². The zero-order chi connectivity index (χ0) is 27.7. The first-order chi connectivity index (χ1) is 17.2. The molecule has 0 N–H and O–H groups in total. The predicted molar refractivity (Wildman–Crippen MR) is 149 cm³/mol. The molecule has 0 aliphatic carbocycles. The Morgan fingerprint density at radius 3 is 2.22 bits per heavy atom. The van der Waals surface area contributed by atoms with E-state index in [1.807, 2.05) is 24.3 Å². The van der Waals surface area contributed by atoms with Gasteiger partial charge >= 0.3 is 0 Å². The fourth-order valence-electron chi connectivity index (χ4n) is 4.59. The Kier molecular flexibility index (Phi) is 9.03. The van der Waals surface area contributed by atoms with Crippen molar-refractivity contribution in [2.45, 2.75) is 33.0 Å². The number of nitrogens with zero attached hydrogens (tertiary/aromatic N) is 3. The molecular formula is C27H39ClN3O5P. The molecule has 0 fully saturated rings. The van der Waals surface area contributed by atoms with Crippen molar-refractivity contribution in [2.24, 2.45) is 5.41 Å². The number of anilines is 1. The maximum atomic E-state index is 14.2. The Morgan fingerprint density at radius 1 is 1.03 bits per heavy atom. The van der Waals surface area contributed by atoms with Crippen LogP contribution < -0.4 is 14.4 Å². The van der Waals surface area contributed by atoms with E-state index in [4.69, 9.17) is 25.8 Å². The van der Waals surface area contributed by atoms with E-state index in [0.717, 1.165) is 5.56 Å². The Labute approximate surface area is 225 Å². The van der Waals surface area contributed by atoms with Crippen molar-refractivity contribution in [1.82, 2.24) is 9.34 Å². The third kappa shape index (κ3) is 6.15. The lowest BCUT2D eigenvalue weighted by atomic mass is 9.94. The van der Waals surface area contributed by atoms with Crippen LogP contribution in [-0.2, 0) is 14.1 Å². The number of ether oxygens (including phenoxy) is 3. The Hall–Kier alpha value is -2.09. The minimum absolute atomic E-state index is 0.0109. The third-order valence-electron chi connectivity index (χ3n) is 6.41. The zero-order valence-electron chi connectivity index (χ0n) is 23.2. The summed E-state index contributed by atoms with van der Waals surface area (Å²) in [6.07, 6.45) is -1.71. The fraction of sp³-hybridized carbons (Fsp3) is 0.519. The standard InChI is InChI=1S/C27H39ClN3O5P/c1-27(2,3)17-31-21-14-13-18(28)15-20(21)24(19-11-10-12-22(34-8)25(19)35-9)36-23(26(31)32)16-37(33,29(4)5)30(6)7/h10-15,23-24H,16-17H2,1-9H3/t23-,24-/m1/s1. The minimum Gasteiger partial charge on any atom is -0.493 e. The van der Waals surface area contributed by atoms with Gasteiger partial charge in [-0.25, -0.2) is 9.34 Å². The van der Waals surface area contributed by atoms with E-state index in [1.54, 1.807) is 68.8 Å². The van der Waals surface area contributed by atoms with Gasteiger partial charge in [0.1, 0.15) is 12.2 Å². The zero-order valence-corrected chi connectivity index (χ0v) is 24.9. The molecule has 0 aromatic heterocycles. The van der Waals surface area contributed by atoms with Gasteiger partial charge in [-0.1, -0.05) is 44.5 Å². The molecule has 2 aromatic carbocycles. The van der Waals surface area contributed by atoms with Crippen LogP contribution in [0.15, 0.2) is 36.4 Å². The molecule has 204 valence electrons. The maximum absolute atomic E-state index is 14.2. The van der Waals surface area contributed by atoms with Gasteiger partial charge in [0, 0.05) is 28.4 Å². The number of amides is 1. The van der Waals surface area contributed by atoms with Gasteiger partial charge in [-0.3, -0.25) is 9.36 Å². The summed E-state index contributed by atoms with van der Waals surface area (Å²) in [6, 6.07) is 11.0. The van der Waals surface area contributed by atoms with Crippen LogP contribution in [0.5, 0.6) is 11.5 Å². The lowest BCUT2D eigenvalue weighted by Gasteiger charge is -2.35. The molecule has 0 unspecified atom stereocenters. The van der Waals surface area contributed by atoms with Crippen LogP contribution >= 0.6 is 19.0 Å². The summed E-state index contributed by atoms with van der Waals surface area (Å²) >= 11 is 6.49. The van der Waals surface area contributed by atoms with Gasteiger partial charge in [0.2, 0.25) is 7.44 Å². The molecule has 37 heavy (non-hydrogen) atoms. The second-order valence-corrected chi connectivity index (χ2v) is 14.5. The minimum atomic E-state index is -3.11. The number of hydrogen-bond acceptors (Lipinski definition) is 5. The predicted octanol–water partition coefficient (Wildman–Crippen LogP) is 5.54. The van der Waals surface area contributed by atoms with Crippen LogP contribution in [0.1, 0.15) is 38.0 Å². The molecule has 2 atom stereocenters. The molecular weight excluding hydrogens is 513 g/mol.